The number of hydrogen-bond acceptors (Lipinski definition) is 2. The molecule has 0 amide bonds. The molecule has 0 spiro atoms. The number of carboxylic acid groups (broad SMARTS) is 1. The minimum atomic E-state index is -0.854. The first-order chi connectivity index (χ1) is 7.58. The van der Waals surface area contributed by atoms with Gasteiger partial charge < -0.3 is 9.84 Å². The highest BCUT2D eigenvalue weighted by molar-refractivity contribution is 5.73. The first kappa shape index (κ1) is 10.9. The lowest BCUT2D eigenvalue weighted by Crippen LogP contribution is -2.07. The zero-order chi connectivity index (χ0) is 11.7. The molecule has 0 bridgehead atoms. The van der Waals surface area contributed by atoms with Gasteiger partial charge in [-0.1, -0.05) is 0 Å². The molecule has 0 aliphatic heterocycles. The largest absolute Gasteiger partial charge is 0.490 e. The van der Waals surface area contributed by atoms with Gasteiger partial charge in [-0.3, -0.25) is 4.79 Å². The van der Waals surface area contributed by atoms with Crippen molar-refractivity contribution in [3.8, 4) is 5.75 Å². The van der Waals surface area contributed by atoms with Crippen LogP contribution in [0.1, 0.15) is 6.42 Å². The topological polar surface area (TPSA) is 46.5 Å². The minimum absolute atomic E-state index is 0.0440. The molecule has 1 aromatic rings. The molecule has 16 heavy (non-hydrogen) atoms. The Labute approximate surface area is 90.7 Å². The summed E-state index contributed by atoms with van der Waals surface area (Å²) in [4.78, 5) is 10.5. The number of hydrogen-bond donors (Lipinski definition) is 1. The summed E-state index contributed by atoms with van der Waals surface area (Å²) in [7, 11) is 0. The number of carbonyl (C=O) groups is 1. The second-order valence-corrected chi connectivity index (χ2v) is 3.83. The van der Waals surface area contributed by atoms with Crippen LogP contribution in [-0.4, -0.2) is 17.7 Å². The van der Waals surface area contributed by atoms with E-state index >= 15 is 0 Å². The van der Waals surface area contributed by atoms with Crippen molar-refractivity contribution in [1.29, 1.82) is 0 Å². The van der Waals surface area contributed by atoms with E-state index in [1.807, 2.05) is 0 Å². The van der Waals surface area contributed by atoms with Crippen molar-refractivity contribution in [2.75, 3.05) is 6.61 Å². The second-order valence-electron chi connectivity index (χ2n) is 3.83. The minimum Gasteiger partial charge on any atom is -0.490 e. The highest BCUT2D eigenvalue weighted by Crippen LogP contribution is 2.39. The van der Waals surface area contributed by atoms with Crippen molar-refractivity contribution in [2.24, 2.45) is 11.8 Å². The van der Waals surface area contributed by atoms with E-state index in [0.717, 1.165) is 12.1 Å². The van der Waals surface area contributed by atoms with Crippen LogP contribution in [0, 0.1) is 23.5 Å². The van der Waals surface area contributed by atoms with Gasteiger partial charge >= 0.3 is 5.97 Å². The molecule has 2 unspecified atom stereocenters. The van der Waals surface area contributed by atoms with Gasteiger partial charge in [-0.2, -0.15) is 0 Å². The molecular formula is C11H10F2O3. The Morgan fingerprint density at radius 1 is 1.50 bits per heavy atom. The molecule has 0 radical (unpaired) electrons. The van der Waals surface area contributed by atoms with Crippen molar-refractivity contribution in [1.82, 2.24) is 0 Å². The Kier molecular flexibility index (Phi) is 2.77. The van der Waals surface area contributed by atoms with E-state index in [2.05, 4.69) is 0 Å². The summed E-state index contributed by atoms with van der Waals surface area (Å²) in [5.74, 6) is -2.79. The molecule has 0 heterocycles. The molecule has 3 nitrogen and oxygen atoms in total. The third-order valence-electron chi connectivity index (χ3n) is 2.59. The van der Waals surface area contributed by atoms with Crippen LogP contribution < -0.4 is 4.74 Å². The molecule has 2 rings (SSSR count). The van der Waals surface area contributed by atoms with Gasteiger partial charge in [-0.15, -0.1) is 0 Å². The Morgan fingerprint density at radius 2 is 2.25 bits per heavy atom. The summed E-state index contributed by atoms with van der Waals surface area (Å²) >= 11 is 0. The van der Waals surface area contributed by atoms with E-state index < -0.39 is 17.6 Å². The van der Waals surface area contributed by atoms with Crippen LogP contribution in [0.2, 0.25) is 0 Å². The first-order valence-electron chi connectivity index (χ1n) is 4.88. The van der Waals surface area contributed by atoms with Crippen molar-refractivity contribution in [2.45, 2.75) is 6.42 Å². The Morgan fingerprint density at radius 3 is 2.81 bits per heavy atom. The molecule has 5 heteroatoms. The summed E-state index contributed by atoms with van der Waals surface area (Å²) in [6.07, 6.45) is 0.554. The highest BCUT2D eigenvalue weighted by atomic mass is 19.1. The maximum atomic E-state index is 13.1. The number of halogens is 2. The average molecular weight is 228 g/mol. The van der Waals surface area contributed by atoms with Gasteiger partial charge in [0, 0.05) is 12.0 Å². The van der Waals surface area contributed by atoms with Crippen LogP contribution >= 0.6 is 0 Å². The van der Waals surface area contributed by atoms with Crippen LogP contribution in [0.5, 0.6) is 5.75 Å². The summed E-state index contributed by atoms with van der Waals surface area (Å²) in [5, 5.41) is 8.63. The molecule has 1 aliphatic rings. The number of rotatable bonds is 4. The Balaban J connectivity index is 1.89. The van der Waals surface area contributed by atoms with Crippen LogP contribution in [0.25, 0.3) is 0 Å². The predicted octanol–water partition coefficient (Wildman–Crippen LogP) is 2.06. The van der Waals surface area contributed by atoms with E-state index in [4.69, 9.17) is 9.84 Å². The maximum absolute atomic E-state index is 13.1. The smallest absolute Gasteiger partial charge is 0.306 e. The van der Waals surface area contributed by atoms with Crippen molar-refractivity contribution in [3.63, 3.8) is 0 Å². The van der Waals surface area contributed by atoms with E-state index in [-0.39, 0.29) is 24.2 Å². The van der Waals surface area contributed by atoms with Gasteiger partial charge in [-0.05, 0) is 18.6 Å². The van der Waals surface area contributed by atoms with Gasteiger partial charge in [0.1, 0.15) is 5.82 Å². The standard InChI is InChI=1S/C11H10F2O3/c12-7-1-2-10(9(13)4-7)16-5-6-3-8(6)11(14)15/h1-2,4,6,8H,3,5H2,(H,14,15). The fourth-order valence-electron chi connectivity index (χ4n) is 1.52. The maximum Gasteiger partial charge on any atom is 0.306 e. The lowest BCUT2D eigenvalue weighted by Gasteiger charge is -2.06. The van der Waals surface area contributed by atoms with Crippen LogP contribution in [0.4, 0.5) is 8.78 Å². The van der Waals surface area contributed by atoms with Crippen molar-refractivity contribution in [3.05, 3.63) is 29.8 Å². The fraction of sp³-hybridized carbons (Fsp3) is 0.364. The van der Waals surface area contributed by atoms with Crippen molar-refractivity contribution < 1.29 is 23.4 Å². The van der Waals surface area contributed by atoms with Gasteiger partial charge in [0.25, 0.3) is 0 Å². The van der Waals surface area contributed by atoms with Gasteiger partial charge in [0.05, 0.1) is 12.5 Å². The number of aliphatic carboxylic acids is 1. The van der Waals surface area contributed by atoms with Crippen LogP contribution in [-0.2, 0) is 4.79 Å². The molecule has 1 N–H and O–H groups in total. The summed E-state index contributed by atoms with van der Waals surface area (Å²) in [5.41, 5.74) is 0. The zero-order valence-electron chi connectivity index (χ0n) is 8.32. The predicted molar refractivity (Wildman–Crippen MR) is 51.1 cm³/mol. The molecule has 0 aromatic heterocycles. The molecule has 1 saturated carbocycles. The third kappa shape index (κ3) is 2.29. The lowest BCUT2D eigenvalue weighted by molar-refractivity contribution is -0.138. The molecule has 2 atom stereocenters. The molecular weight excluding hydrogens is 218 g/mol. The fourth-order valence-corrected chi connectivity index (χ4v) is 1.52. The van der Waals surface area contributed by atoms with Gasteiger partial charge in [-0.25, -0.2) is 8.78 Å². The molecule has 1 fully saturated rings. The SMILES string of the molecule is O=C(O)C1CC1COc1ccc(F)cc1F. The quantitative estimate of drug-likeness (QED) is 0.858. The number of ether oxygens (including phenoxy) is 1. The second kappa shape index (κ2) is 4.08. The Bertz CT molecular complexity index is 420. The van der Waals surface area contributed by atoms with Gasteiger partial charge in [0.2, 0.25) is 0 Å². The van der Waals surface area contributed by atoms with E-state index in [1.54, 1.807) is 0 Å². The monoisotopic (exact) mass is 228 g/mol. The molecule has 1 aliphatic carbocycles. The summed E-state index contributed by atoms with van der Waals surface area (Å²) in [6, 6.07) is 3.03. The van der Waals surface area contributed by atoms with E-state index in [9.17, 15) is 13.6 Å². The van der Waals surface area contributed by atoms with E-state index in [1.165, 1.54) is 6.07 Å². The average Bonchev–Trinajstić information content (AvgIpc) is 2.96. The van der Waals surface area contributed by atoms with E-state index in [0.29, 0.717) is 6.42 Å². The molecule has 86 valence electrons. The van der Waals surface area contributed by atoms with Gasteiger partial charge in [0.15, 0.2) is 11.6 Å². The summed E-state index contributed by atoms with van der Waals surface area (Å²) < 4.78 is 30.7. The molecule has 0 saturated heterocycles. The first-order valence-corrected chi connectivity index (χ1v) is 4.88. The van der Waals surface area contributed by atoms with Crippen LogP contribution in [0.3, 0.4) is 0 Å². The zero-order valence-corrected chi connectivity index (χ0v) is 8.32. The molecule has 1 aromatic carbocycles. The van der Waals surface area contributed by atoms with Crippen LogP contribution in [0.15, 0.2) is 18.2 Å². The number of benzene rings is 1. The highest BCUT2D eigenvalue weighted by Gasteiger charge is 2.43. The Hall–Kier alpha value is -1.65. The summed E-state index contributed by atoms with van der Waals surface area (Å²) in [6.45, 7) is 0.152. The normalized spacial score (nSPS) is 22.9. The third-order valence-corrected chi connectivity index (χ3v) is 2.59. The number of carboxylic acids is 1. The lowest BCUT2D eigenvalue weighted by atomic mass is 10.3. The van der Waals surface area contributed by atoms with Crippen molar-refractivity contribution >= 4 is 5.97 Å².